The molecule has 1 saturated carbocycles. The average Bonchev–Trinajstić information content (AvgIpc) is 3.65. The number of nitrogens with two attached hydrogens (primary N) is 1. The molecule has 4 aromatic rings. The zero-order chi connectivity index (χ0) is 39.9. The number of ether oxygens (including phenoxy) is 1. The highest BCUT2D eigenvalue weighted by atomic mass is 35.5. The zero-order valence-corrected chi connectivity index (χ0v) is 30.2. The minimum Gasteiger partial charge on any atom is -0.490 e. The third kappa shape index (κ3) is 8.54. The average molecular weight is 816 g/mol. The maximum atomic E-state index is 16.9. The fraction of sp³-hybridized carbons (Fsp3) is 0.351. The molecule has 2 N–H and O–H groups in total. The molecule has 18 heteroatoms. The molecule has 294 valence electrons. The van der Waals surface area contributed by atoms with Crippen molar-refractivity contribution in [3.63, 3.8) is 0 Å². The topological polar surface area (TPSA) is 119 Å². The number of amides is 1. The van der Waals surface area contributed by atoms with Gasteiger partial charge in [0.05, 0.1) is 23.6 Å². The van der Waals surface area contributed by atoms with E-state index in [4.69, 9.17) is 22.1 Å². The number of carbonyl (C=O) groups excluding carboxylic acids is 2. The van der Waals surface area contributed by atoms with Crippen molar-refractivity contribution in [3.8, 4) is 16.9 Å². The van der Waals surface area contributed by atoms with E-state index >= 15 is 8.78 Å². The van der Waals surface area contributed by atoms with E-state index in [-0.39, 0.29) is 16.4 Å². The molecule has 0 spiro atoms. The van der Waals surface area contributed by atoms with Crippen molar-refractivity contribution in [1.82, 2.24) is 9.37 Å². The first-order chi connectivity index (χ1) is 25.8. The lowest BCUT2D eigenvalue weighted by Gasteiger charge is -2.41. The van der Waals surface area contributed by atoms with Crippen LogP contribution in [0.5, 0.6) is 5.75 Å². The molecule has 0 unspecified atom stereocenters. The number of fused-ring (bicyclic) bond motifs is 1. The summed E-state index contributed by atoms with van der Waals surface area (Å²) in [6, 6.07) is 12.0. The van der Waals surface area contributed by atoms with Gasteiger partial charge < -0.3 is 20.2 Å². The van der Waals surface area contributed by atoms with E-state index in [1.54, 1.807) is 18.2 Å². The van der Waals surface area contributed by atoms with Gasteiger partial charge in [-0.3, -0.25) is 4.79 Å². The van der Waals surface area contributed by atoms with E-state index in [1.165, 1.54) is 30.3 Å². The van der Waals surface area contributed by atoms with E-state index in [0.717, 1.165) is 62.1 Å². The number of carbonyl (C=O) groups is 2. The first-order valence-corrected chi connectivity index (χ1v) is 18.8. The quantitative estimate of drug-likeness (QED) is 0.128. The Labute approximate surface area is 315 Å². The van der Waals surface area contributed by atoms with E-state index in [1.807, 2.05) is 0 Å². The van der Waals surface area contributed by atoms with E-state index in [9.17, 15) is 40.0 Å². The molecule has 2 aliphatic rings. The minimum atomic E-state index is -5.96. The third-order valence-corrected chi connectivity index (χ3v) is 11.4. The van der Waals surface area contributed by atoms with Crippen LogP contribution in [0.4, 0.5) is 30.7 Å². The lowest BCUT2D eigenvalue weighted by molar-refractivity contribution is -0.240. The van der Waals surface area contributed by atoms with Crippen LogP contribution in [-0.4, -0.2) is 73.0 Å². The number of nitrogens with zero attached hydrogens (tertiary/aromatic N) is 2. The zero-order valence-electron chi connectivity index (χ0n) is 28.6. The van der Waals surface area contributed by atoms with Crippen molar-refractivity contribution < 1.29 is 58.3 Å². The normalized spacial score (nSPS) is 18.7. The Kier molecular flexibility index (Phi) is 11.1. The standard InChI is InChI=1S/C37H33ClF7N3O6S/c38-27-13-7-23(8-14-27)22-5-11-26(12-6-22)36(41,42)32(33(49)47-18-17-31(46)35(39,40)21-47)48(54-34(50)37(43,44)45)55(51,52)30-16-10-24-19-29(15-9-25(24)20-30)53-28-3-1-2-4-28/h5-16,19-20,28,31-32H,1-4,17-18,21,46H2/t31-,32-/m1/s1. The molecule has 1 heterocycles. The summed E-state index contributed by atoms with van der Waals surface area (Å²) < 4.78 is 138. The molecule has 1 aliphatic carbocycles. The lowest BCUT2D eigenvalue weighted by atomic mass is 9.95. The fourth-order valence-electron chi connectivity index (χ4n) is 6.49. The molecular weight excluding hydrogens is 783 g/mol. The van der Waals surface area contributed by atoms with Crippen molar-refractivity contribution in [3.05, 3.63) is 95.5 Å². The number of likely N-dealkylation sites (tertiary alicyclic amines) is 1. The van der Waals surface area contributed by atoms with E-state index in [2.05, 4.69) is 4.84 Å². The van der Waals surface area contributed by atoms with Crippen LogP contribution >= 0.6 is 11.6 Å². The first kappa shape index (κ1) is 40.2. The summed E-state index contributed by atoms with van der Waals surface area (Å²) in [5.74, 6) is -13.6. The second-order valence-electron chi connectivity index (χ2n) is 13.4. The van der Waals surface area contributed by atoms with Gasteiger partial charge in [0.1, 0.15) is 5.75 Å². The molecule has 2 atom stereocenters. The number of hydroxylamine groups is 1. The van der Waals surface area contributed by atoms with Crippen LogP contribution in [0.1, 0.15) is 37.7 Å². The Morgan fingerprint density at radius 3 is 2.04 bits per heavy atom. The largest absolute Gasteiger partial charge is 0.492 e. The van der Waals surface area contributed by atoms with Crippen LogP contribution in [0.15, 0.2) is 89.8 Å². The van der Waals surface area contributed by atoms with Crippen molar-refractivity contribution in [1.29, 1.82) is 0 Å². The van der Waals surface area contributed by atoms with Gasteiger partial charge in [-0.05, 0) is 94.9 Å². The van der Waals surface area contributed by atoms with Crippen LogP contribution in [0, 0.1) is 0 Å². The van der Waals surface area contributed by atoms with Crippen LogP contribution in [0.25, 0.3) is 21.9 Å². The van der Waals surface area contributed by atoms with Gasteiger partial charge in [-0.15, -0.1) is 0 Å². The summed E-state index contributed by atoms with van der Waals surface area (Å²) in [6.45, 7) is -2.29. The highest BCUT2D eigenvalue weighted by Gasteiger charge is 2.59. The minimum absolute atomic E-state index is 0.0330. The molecular formula is C37H33ClF7N3O6S. The van der Waals surface area contributed by atoms with Crippen molar-refractivity contribution in [2.24, 2.45) is 5.73 Å². The number of halogens is 8. The predicted octanol–water partition coefficient (Wildman–Crippen LogP) is 7.85. The van der Waals surface area contributed by atoms with Crippen molar-refractivity contribution >= 4 is 44.3 Å². The number of benzene rings is 4. The molecule has 2 fully saturated rings. The summed E-state index contributed by atoms with van der Waals surface area (Å²) in [4.78, 5) is 29.7. The van der Waals surface area contributed by atoms with Crippen LogP contribution < -0.4 is 10.5 Å². The van der Waals surface area contributed by atoms with Gasteiger partial charge in [0.25, 0.3) is 21.9 Å². The maximum absolute atomic E-state index is 16.9. The monoisotopic (exact) mass is 815 g/mol. The smallest absolute Gasteiger partial charge is 0.490 e. The van der Waals surface area contributed by atoms with Gasteiger partial charge in [0.2, 0.25) is 6.04 Å². The van der Waals surface area contributed by atoms with Gasteiger partial charge in [-0.1, -0.05) is 60.1 Å². The molecule has 55 heavy (non-hydrogen) atoms. The molecule has 0 aromatic heterocycles. The summed E-state index contributed by atoms with van der Waals surface area (Å²) in [5, 5.41) is 0.912. The van der Waals surface area contributed by atoms with Gasteiger partial charge in [-0.25, -0.2) is 22.0 Å². The van der Waals surface area contributed by atoms with Crippen molar-refractivity contribution in [2.45, 2.75) is 73.2 Å². The summed E-state index contributed by atoms with van der Waals surface area (Å²) in [7, 11) is -5.84. The third-order valence-electron chi connectivity index (χ3n) is 9.53. The molecule has 9 nitrogen and oxygen atoms in total. The SMILES string of the molecule is N[C@@H]1CCN(C(=O)[C@@H](N(OC(=O)C(F)(F)F)S(=O)(=O)c2ccc3cc(OC4CCCC4)ccc3c2)C(F)(F)c2ccc(-c3ccc(Cl)cc3)cc2)CC1(F)F. The number of hydrogen-bond donors (Lipinski definition) is 1. The number of hydrogen-bond acceptors (Lipinski definition) is 7. The Morgan fingerprint density at radius 1 is 0.855 bits per heavy atom. The Bertz CT molecular complexity index is 2170. The van der Waals surface area contributed by atoms with Gasteiger partial charge in [0.15, 0.2) is 0 Å². The highest BCUT2D eigenvalue weighted by Crippen LogP contribution is 2.41. The van der Waals surface area contributed by atoms with Gasteiger partial charge in [0, 0.05) is 17.1 Å². The second kappa shape index (κ2) is 15.2. The van der Waals surface area contributed by atoms with Crippen molar-refractivity contribution in [2.75, 3.05) is 13.1 Å². The first-order valence-electron chi connectivity index (χ1n) is 17.0. The van der Waals surface area contributed by atoms with E-state index in [0.29, 0.717) is 27.3 Å². The summed E-state index contributed by atoms with van der Waals surface area (Å²) in [6.07, 6.45) is -2.99. The van der Waals surface area contributed by atoms with E-state index < -0.39 is 86.4 Å². The Hall–Kier alpha value is -4.45. The number of sulfonamides is 1. The van der Waals surface area contributed by atoms with Crippen LogP contribution in [0.3, 0.4) is 0 Å². The molecule has 6 rings (SSSR count). The van der Waals surface area contributed by atoms with Crippen LogP contribution in [0.2, 0.25) is 5.02 Å². The fourth-order valence-corrected chi connectivity index (χ4v) is 8.01. The predicted molar refractivity (Wildman–Crippen MR) is 187 cm³/mol. The van der Waals surface area contributed by atoms with Gasteiger partial charge >= 0.3 is 18.1 Å². The molecule has 1 aliphatic heterocycles. The molecule has 4 aromatic carbocycles. The molecule has 0 bridgehead atoms. The summed E-state index contributed by atoms with van der Waals surface area (Å²) in [5.41, 5.74) is 5.17. The van der Waals surface area contributed by atoms with Gasteiger partial charge in [-0.2, -0.15) is 22.0 Å². The summed E-state index contributed by atoms with van der Waals surface area (Å²) >= 11 is 5.92. The lowest BCUT2D eigenvalue weighted by Crippen LogP contribution is -2.63. The second-order valence-corrected chi connectivity index (χ2v) is 15.6. The maximum Gasteiger partial charge on any atom is 0.492 e. The number of alkyl halides is 7. The number of rotatable bonds is 10. The highest BCUT2D eigenvalue weighted by molar-refractivity contribution is 7.89. The Morgan fingerprint density at radius 2 is 1.44 bits per heavy atom. The Balaban J connectivity index is 1.46. The number of piperidine rings is 1. The van der Waals surface area contributed by atoms with Crippen LogP contribution in [-0.2, 0) is 30.4 Å². The molecule has 0 radical (unpaired) electrons. The molecule has 1 amide bonds. The molecule has 1 saturated heterocycles.